The largest absolute Gasteiger partial charge is 0.379 e. The van der Waals surface area contributed by atoms with Gasteiger partial charge in [-0.15, -0.1) is 11.3 Å². The maximum Gasteiger partial charge on any atom is 0.170 e. The molecule has 0 saturated carbocycles. The van der Waals surface area contributed by atoms with Crippen molar-refractivity contribution in [3.05, 3.63) is 21.9 Å². The van der Waals surface area contributed by atoms with Gasteiger partial charge in [-0.1, -0.05) is 0 Å². The molecule has 2 N–H and O–H groups in total. The molecular weight excluding hydrogens is 198 g/mol. The summed E-state index contributed by atoms with van der Waals surface area (Å²) < 4.78 is 5.18. The molecule has 2 heterocycles. The molecule has 76 valence electrons. The zero-order valence-corrected chi connectivity index (χ0v) is 8.84. The third kappa shape index (κ3) is 1.73. The Morgan fingerprint density at radius 2 is 2.43 bits per heavy atom. The van der Waals surface area contributed by atoms with Gasteiger partial charge in [0.1, 0.15) is 0 Å². The molecule has 2 unspecified atom stereocenters. The summed E-state index contributed by atoms with van der Waals surface area (Å²) in [4.78, 5) is 13.1. The minimum atomic E-state index is -0.149. The van der Waals surface area contributed by atoms with Crippen LogP contribution in [0.5, 0.6) is 0 Å². The lowest BCUT2D eigenvalue weighted by Crippen LogP contribution is -2.33. The normalized spacial score (nSPS) is 26.7. The first kappa shape index (κ1) is 9.83. The van der Waals surface area contributed by atoms with Gasteiger partial charge in [0.25, 0.3) is 0 Å². The van der Waals surface area contributed by atoms with Crippen LogP contribution in [0, 0.1) is 12.8 Å². The predicted molar refractivity (Wildman–Crippen MR) is 55.7 cm³/mol. The van der Waals surface area contributed by atoms with Crippen molar-refractivity contribution in [2.45, 2.75) is 13.0 Å². The smallest absolute Gasteiger partial charge is 0.170 e. The van der Waals surface area contributed by atoms with E-state index < -0.39 is 0 Å². The first-order valence-corrected chi connectivity index (χ1v) is 5.49. The lowest BCUT2D eigenvalue weighted by molar-refractivity contribution is 0.0896. The standard InChI is InChI=1S/C10H13NO2S/c1-6-2-7(5-14-6)10(12)8-3-13-4-9(8)11/h2,5,8-9H,3-4,11H2,1H3. The molecule has 1 fully saturated rings. The number of carbonyl (C=O) groups excluding carboxylic acids is 1. The fraction of sp³-hybridized carbons (Fsp3) is 0.500. The van der Waals surface area contributed by atoms with E-state index in [4.69, 9.17) is 10.5 Å². The van der Waals surface area contributed by atoms with E-state index in [1.807, 2.05) is 18.4 Å². The number of carbonyl (C=O) groups is 1. The highest BCUT2D eigenvalue weighted by Crippen LogP contribution is 2.21. The summed E-state index contributed by atoms with van der Waals surface area (Å²) in [7, 11) is 0. The number of rotatable bonds is 2. The molecule has 0 spiro atoms. The molecule has 1 aromatic heterocycles. The van der Waals surface area contributed by atoms with Gasteiger partial charge in [0, 0.05) is 21.9 Å². The van der Waals surface area contributed by atoms with E-state index >= 15 is 0 Å². The molecule has 14 heavy (non-hydrogen) atoms. The third-order valence-electron chi connectivity index (χ3n) is 2.48. The third-order valence-corrected chi connectivity index (χ3v) is 3.34. The van der Waals surface area contributed by atoms with E-state index in [1.54, 1.807) is 11.3 Å². The molecule has 0 aliphatic carbocycles. The first-order valence-electron chi connectivity index (χ1n) is 4.61. The molecule has 1 saturated heterocycles. The van der Waals surface area contributed by atoms with Gasteiger partial charge in [0.05, 0.1) is 19.1 Å². The summed E-state index contributed by atoms with van der Waals surface area (Å²) in [5, 5.41) is 1.89. The van der Waals surface area contributed by atoms with Crippen molar-refractivity contribution >= 4 is 17.1 Å². The minimum Gasteiger partial charge on any atom is -0.379 e. The summed E-state index contributed by atoms with van der Waals surface area (Å²) in [5.41, 5.74) is 6.56. The zero-order chi connectivity index (χ0) is 10.1. The van der Waals surface area contributed by atoms with Gasteiger partial charge in [-0.2, -0.15) is 0 Å². The lowest BCUT2D eigenvalue weighted by atomic mass is 9.95. The van der Waals surface area contributed by atoms with Crippen LogP contribution in [0.25, 0.3) is 0 Å². The van der Waals surface area contributed by atoms with Crippen molar-refractivity contribution in [1.82, 2.24) is 0 Å². The number of hydrogen-bond acceptors (Lipinski definition) is 4. The van der Waals surface area contributed by atoms with Crippen LogP contribution < -0.4 is 5.73 Å². The molecule has 0 bridgehead atoms. The molecule has 0 amide bonds. The van der Waals surface area contributed by atoms with E-state index in [2.05, 4.69) is 0 Å². The average molecular weight is 211 g/mol. The van der Waals surface area contributed by atoms with Crippen LogP contribution in [-0.2, 0) is 4.74 Å². The summed E-state index contributed by atoms with van der Waals surface area (Å²) in [6.45, 7) is 2.96. The molecule has 1 aromatic rings. The Labute approximate surface area is 86.9 Å². The molecule has 1 aliphatic rings. The van der Waals surface area contributed by atoms with Crippen molar-refractivity contribution in [1.29, 1.82) is 0 Å². The molecule has 2 atom stereocenters. The number of ketones is 1. The molecule has 4 heteroatoms. The predicted octanol–water partition coefficient (Wildman–Crippen LogP) is 1.21. The number of nitrogens with two attached hydrogens (primary N) is 1. The van der Waals surface area contributed by atoms with Gasteiger partial charge in [-0.25, -0.2) is 0 Å². The van der Waals surface area contributed by atoms with Crippen LogP contribution >= 0.6 is 11.3 Å². The lowest BCUT2D eigenvalue weighted by Gasteiger charge is -2.09. The Balaban J connectivity index is 2.15. The monoisotopic (exact) mass is 211 g/mol. The second-order valence-corrected chi connectivity index (χ2v) is 4.73. The van der Waals surface area contributed by atoms with Crippen LogP contribution in [0.3, 0.4) is 0 Å². The number of ether oxygens (including phenoxy) is 1. The zero-order valence-electron chi connectivity index (χ0n) is 8.03. The Bertz CT molecular complexity index is 348. The van der Waals surface area contributed by atoms with E-state index in [9.17, 15) is 4.79 Å². The van der Waals surface area contributed by atoms with Gasteiger partial charge in [-0.05, 0) is 13.0 Å². The maximum atomic E-state index is 11.9. The SMILES string of the molecule is Cc1cc(C(=O)C2COCC2N)cs1. The average Bonchev–Trinajstić information content (AvgIpc) is 2.73. The van der Waals surface area contributed by atoms with Crippen LogP contribution in [-0.4, -0.2) is 25.0 Å². The second-order valence-electron chi connectivity index (χ2n) is 3.62. The van der Waals surface area contributed by atoms with Crippen LogP contribution in [0.2, 0.25) is 0 Å². The highest BCUT2D eigenvalue weighted by Gasteiger charge is 2.32. The number of hydrogen-bond donors (Lipinski definition) is 1. The van der Waals surface area contributed by atoms with Crippen molar-refractivity contribution < 1.29 is 9.53 Å². The van der Waals surface area contributed by atoms with Crippen molar-refractivity contribution in [2.24, 2.45) is 11.7 Å². The topological polar surface area (TPSA) is 52.3 Å². The highest BCUT2D eigenvalue weighted by molar-refractivity contribution is 7.10. The Kier molecular flexibility index (Phi) is 2.67. The Hall–Kier alpha value is -0.710. The fourth-order valence-corrected chi connectivity index (χ4v) is 2.32. The number of aryl methyl sites for hydroxylation is 1. The van der Waals surface area contributed by atoms with Gasteiger partial charge in [0.15, 0.2) is 5.78 Å². The van der Waals surface area contributed by atoms with Crippen molar-refractivity contribution in [3.63, 3.8) is 0 Å². The van der Waals surface area contributed by atoms with E-state index in [-0.39, 0.29) is 17.7 Å². The van der Waals surface area contributed by atoms with E-state index in [0.29, 0.717) is 13.2 Å². The number of thiophene rings is 1. The molecule has 2 rings (SSSR count). The molecular formula is C10H13NO2S. The van der Waals surface area contributed by atoms with Crippen molar-refractivity contribution in [3.8, 4) is 0 Å². The maximum absolute atomic E-state index is 11.9. The number of Topliss-reactive ketones (excluding diaryl/α,β-unsaturated/α-hetero) is 1. The highest BCUT2D eigenvalue weighted by atomic mass is 32.1. The fourth-order valence-electron chi connectivity index (χ4n) is 1.63. The van der Waals surface area contributed by atoms with Gasteiger partial charge < -0.3 is 10.5 Å². The van der Waals surface area contributed by atoms with Crippen LogP contribution in [0.1, 0.15) is 15.2 Å². The molecule has 1 aliphatic heterocycles. The second kappa shape index (κ2) is 3.81. The molecule has 0 radical (unpaired) electrons. The summed E-state index contributed by atoms with van der Waals surface area (Å²) >= 11 is 1.59. The van der Waals surface area contributed by atoms with Crippen molar-refractivity contribution in [2.75, 3.05) is 13.2 Å². The van der Waals surface area contributed by atoms with Gasteiger partial charge in [0.2, 0.25) is 0 Å². The first-order chi connectivity index (χ1) is 6.68. The summed E-state index contributed by atoms with van der Waals surface area (Å²) in [6.07, 6.45) is 0. The quantitative estimate of drug-likeness (QED) is 0.748. The minimum absolute atomic E-state index is 0.124. The van der Waals surface area contributed by atoms with Crippen LogP contribution in [0.4, 0.5) is 0 Å². The van der Waals surface area contributed by atoms with Gasteiger partial charge >= 0.3 is 0 Å². The summed E-state index contributed by atoms with van der Waals surface area (Å²) in [6, 6.07) is 1.78. The van der Waals surface area contributed by atoms with Gasteiger partial charge in [-0.3, -0.25) is 4.79 Å². The molecule has 3 nitrogen and oxygen atoms in total. The Morgan fingerprint density at radius 3 is 2.93 bits per heavy atom. The molecule has 0 aromatic carbocycles. The Morgan fingerprint density at radius 1 is 1.64 bits per heavy atom. The van der Waals surface area contributed by atoms with E-state index in [1.165, 1.54) is 0 Å². The summed E-state index contributed by atoms with van der Waals surface area (Å²) in [5.74, 6) is -0.0247. The van der Waals surface area contributed by atoms with E-state index in [0.717, 1.165) is 10.4 Å². The van der Waals surface area contributed by atoms with Crippen LogP contribution in [0.15, 0.2) is 11.4 Å².